The number of aromatic nitrogens is 5. The molecule has 3 N–H and O–H groups in total. The third-order valence-electron chi connectivity index (χ3n) is 9.04. The summed E-state index contributed by atoms with van der Waals surface area (Å²) in [5.41, 5.74) is 3.71. The lowest BCUT2D eigenvalue weighted by Gasteiger charge is -2.25. The number of nitrogens with zero attached hydrogens (tertiary/aromatic N) is 11. The third kappa shape index (κ3) is 9.37. The van der Waals surface area contributed by atoms with Gasteiger partial charge < -0.3 is 35.0 Å². The van der Waals surface area contributed by atoms with Crippen LogP contribution in [0.1, 0.15) is 27.7 Å². The summed E-state index contributed by atoms with van der Waals surface area (Å²) < 4.78 is 20.7. The van der Waals surface area contributed by atoms with E-state index >= 15 is 0 Å². The van der Waals surface area contributed by atoms with Crippen LogP contribution in [0.5, 0.6) is 11.5 Å². The van der Waals surface area contributed by atoms with Gasteiger partial charge in [0.1, 0.15) is 32.5 Å². The molecule has 0 amide bonds. The van der Waals surface area contributed by atoms with E-state index in [4.69, 9.17) is 47.6 Å². The molecule has 314 valence electrons. The van der Waals surface area contributed by atoms with Gasteiger partial charge in [-0.05, 0) is 62.9 Å². The van der Waals surface area contributed by atoms with Gasteiger partial charge in [-0.15, -0.1) is 43.1 Å². The minimum atomic E-state index is -0.0770. The molecule has 60 heavy (non-hydrogen) atoms. The Morgan fingerprint density at radius 1 is 0.683 bits per heavy atom. The molecule has 0 saturated carbocycles. The molecule has 7 rings (SSSR count). The van der Waals surface area contributed by atoms with Crippen molar-refractivity contribution in [2.24, 2.45) is 20.5 Å². The fourth-order valence-electron chi connectivity index (χ4n) is 6.11. The number of hydrogen-bond acceptors (Lipinski definition) is 21. The first-order chi connectivity index (χ1) is 29.2. The zero-order valence-electron chi connectivity index (χ0n) is 33.2. The summed E-state index contributed by atoms with van der Waals surface area (Å²) in [6.45, 7) is 11.2. The van der Waals surface area contributed by atoms with E-state index in [1.807, 2.05) is 35.0 Å². The summed E-state index contributed by atoms with van der Waals surface area (Å²) in [4.78, 5) is 20.2. The van der Waals surface area contributed by atoms with Gasteiger partial charge in [-0.25, -0.2) is 0 Å². The van der Waals surface area contributed by atoms with Crippen LogP contribution in [0.3, 0.4) is 0 Å². The van der Waals surface area contributed by atoms with Crippen molar-refractivity contribution in [2.75, 3.05) is 73.2 Å². The molecule has 0 fully saturated rings. The highest BCUT2D eigenvalue weighted by Crippen LogP contribution is 2.46. The van der Waals surface area contributed by atoms with Crippen molar-refractivity contribution in [3.63, 3.8) is 0 Å². The second-order valence-electron chi connectivity index (χ2n) is 12.4. The molecule has 23 heteroatoms. The molecule has 0 atom stereocenters. The maximum Gasteiger partial charge on any atom is 0.233 e. The number of anilines is 6. The largest absolute Gasteiger partial charge is 0.494 e. The van der Waals surface area contributed by atoms with E-state index in [9.17, 15) is 5.11 Å². The summed E-state index contributed by atoms with van der Waals surface area (Å²) in [5, 5.41) is 42.9. The van der Waals surface area contributed by atoms with Crippen molar-refractivity contribution in [1.82, 2.24) is 23.7 Å². The Morgan fingerprint density at radius 3 is 1.53 bits per heavy atom. The summed E-state index contributed by atoms with van der Waals surface area (Å²) in [7, 11) is 3.24. The Labute approximate surface area is 376 Å². The van der Waals surface area contributed by atoms with Gasteiger partial charge in [0.15, 0.2) is 15.2 Å². The molecule has 0 unspecified atom stereocenters. The van der Waals surface area contributed by atoms with Crippen LogP contribution in [0.2, 0.25) is 10.0 Å². The highest BCUT2D eigenvalue weighted by Gasteiger charge is 2.21. The van der Waals surface area contributed by atoms with Crippen molar-refractivity contribution < 1.29 is 14.6 Å². The summed E-state index contributed by atoms with van der Waals surface area (Å²) in [5.74, 6) is 2.00. The van der Waals surface area contributed by atoms with E-state index in [1.54, 1.807) is 14.2 Å². The highest BCUT2D eigenvalue weighted by atomic mass is 35.5. The number of aliphatic hydroxyl groups is 1. The number of ether oxygens (including phenoxy) is 2. The first-order valence-electron chi connectivity index (χ1n) is 18.6. The smallest absolute Gasteiger partial charge is 0.233 e. The molecule has 5 aromatic heterocycles. The Kier molecular flexibility index (Phi) is 14.5. The van der Waals surface area contributed by atoms with Crippen LogP contribution < -0.4 is 29.9 Å². The molecule has 0 aliphatic carbocycles. The lowest BCUT2D eigenvalue weighted by atomic mass is 10.2. The number of methoxy groups -OCH3 is 2. The van der Waals surface area contributed by atoms with Gasteiger partial charge >= 0.3 is 0 Å². The average Bonchev–Trinajstić information content (AvgIpc) is 4.05. The Morgan fingerprint density at radius 2 is 1.13 bits per heavy atom. The topological polar surface area (TPSA) is 183 Å². The fraction of sp³-hybridized carbons (Fsp3) is 0.324. The van der Waals surface area contributed by atoms with Gasteiger partial charge in [0.25, 0.3) is 0 Å². The van der Waals surface area contributed by atoms with Crippen molar-refractivity contribution in [2.45, 2.75) is 32.9 Å². The number of halogens is 2. The molecule has 0 aliphatic rings. The van der Waals surface area contributed by atoms with Crippen molar-refractivity contribution in [3.8, 4) is 11.5 Å². The predicted molar refractivity (Wildman–Crippen MR) is 251 cm³/mol. The minimum absolute atomic E-state index is 0.0770. The van der Waals surface area contributed by atoms with Crippen LogP contribution >= 0.6 is 80.7 Å². The van der Waals surface area contributed by atoms with Gasteiger partial charge in [-0.1, -0.05) is 35.0 Å². The van der Waals surface area contributed by atoms with Gasteiger partial charge in [0.05, 0.1) is 64.4 Å². The number of thioether (sulfide) groups is 1. The van der Waals surface area contributed by atoms with E-state index in [-0.39, 0.29) is 18.5 Å². The summed E-state index contributed by atoms with van der Waals surface area (Å²) in [6, 6.07) is 7.51. The lowest BCUT2D eigenvalue weighted by molar-refractivity contribution is 0.322. The number of aliphatic hydroxyl groups excluding tert-OH is 1. The number of rotatable bonds is 19. The Hall–Kier alpha value is -4.48. The van der Waals surface area contributed by atoms with Crippen LogP contribution in [0, 0.1) is 0 Å². The van der Waals surface area contributed by atoms with E-state index < -0.39 is 0 Å². The molecule has 0 saturated heterocycles. The normalized spacial score (nSPS) is 11.8. The molecular formula is C37H39Cl2N13O3S5. The van der Waals surface area contributed by atoms with E-state index in [0.29, 0.717) is 65.2 Å². The number of benzene rings is 2. The number of hydrogen-bond donors (Lipinski definition) is 3. The highest BCUT2D eigenvalue weighted by molar-refractivity contribution is 7.99. The predicted octanol–water partition coefficient (Wildman–Crippen LogP) is 12.6. The monoisotopic (exact) mass is 943 g/mol. The van der Waals surface area contributed by atoms with Crippen LogP contribution in [0.25, 0.3) is 20.4 Å². The van der Waals surface area contributed by atoms with Crippen LogP contribution in [-0.4, -0.2) is 81.6 Å². The first kappa shape index (κ1) is 43.6. The molecule has 0 radical (unpaired) electrons. The van der Waals surface area contributed by atoms with Gasteiger partial charge in [-0.3, -0.25) is 0 Å². The third-order valence-corrected chi connectivity index (χ3v) is 14.2. The fourth-order valence-corrected chi connectivity index (χ4v) is 10.8. The lowest BCUT2D eigenvalue weighted by Crippen LogP contribution is -2.22. The van der Waals surface area contributed by atoms with Gasteiger partial charge in [-0.2, -0.15) is 23.7 Å². The number of nitrogens with one attached hydrogen (secondary N) is 2. The minimum Gasteiger partial charge on any atom is -0.494 e. The first-order valence-corrected chi connectivity index (χ1v) is 23.6. The van der Waals surface area contributed by atoms with Crippen LogP contribution in [0.15, 0.2) is 60.6 Å². The van der Waals surface area contributed by atoms with E-state index in [2.05, 4.69) is 77.3 Å². The maximum atomic E-state index is 9.76. The molecule has 5 heterocycles. The maximum absolute atomic E-state index is 9.76. The second-order valence-corrected chi connectivity index (χ2v) is 17.5. The summed E-state index contributed by atoms with van der Waals surface area (Å²) >= 11 is 19.6. The zero-order valence-corrected chi connectivity index (χ0v) is 38.8. The van der Waals surface area contributed by atoms with Gasteiger partial charge in [0, 0.05) is 54.8 Å². The standard InChI is InChI=1S/C37H39Cl2N13O3S5/c1-7-51(8-2)25-13-21(23(15-27(25)54-5)45-47-31-29-19(38)17-57-33(29)49-59-31)40-35-42-36(44-37(43-35)56-12-11-53)41-22-14-26(52(9-3)10-4)28(55-6)16-24(22)46-48-32-30-20(39)18-58-34(30)50-60-32/h13-18,53H,7-12H2,1-6H3,(H2,40,41,42,43,44)/b47-45+,48-46+. The molecule has 0 bridgehead atoms. The van der Waals surface area contributed by atoms with Crippen LogP contribution in [-0.2, 0) is 0 Å². The van der Waals surface area contributed by atoms with Crippen molar-refractivity contribution in [1.29, 1.82) is 0 Å². The van der Waals surface area contributed by atoms with E-state index in [0.717, 1.165) is 58.0 Å². The molecule has 0 spiro atoms. The second kappa shape index (κ2) is 19.9. The molecular weight excluding hydrogens is 906 g/mol. The van der Waals surface area contributed by atoms with Gasteiger partial charge in [0.2, 0.25) is 11.9 Å². The van der Waals surface area contributed by atoms with Crippen LogP contribution in [0.4, 0.5) is 56.0 Å². The average molecular weight is 945 g/mol. The number of azo groups is 2. The number of fused-ring (bicyclic) bond motifs is 2. The SMILES string of the molecule is CCN(CC)c1cc(Nc2nc(Nc3cc(N(CC)CC)c(OC)cc3/N=N/c3snc4scc(Cl)c34)nc(SCCO)n2)c(/N=N/c2snc3scc(Cl)c23)cc1OC. The van der Waals surface area contributed by atoms with Crippen molar-refractivity contribution in [3.05, 3.63) is 45.1 Å². The molecule has 7 aromatic rings. The quantitative estimate of drug-likeness (QED) is 0.0515. The Bertz CT molecular complexity index is 2490. The number of thiophene rings is 2. The summed E-state index contributed by atoms with van der Waals surface area (Å²) in [6.07, 6.45) is 0. The van der Waals surface area contributed by atoms with Crippen molar-refractivity contribution >= 4 is 157 Å². The molecule has 0 aliphatic heterocycles. The molecule has 2 aromatic carbocycles. The Balaban J connectivity index is 1.32. The zero-order chi connectivity index (χ0) is 42.3. The molecule has 16 nitrogen and oxygen atoms in total. The van der Waals surface area contributed by atoms with E-state index in [1.165, 1.54) is 57.5 Å².